The lowest BCUT2D eigenvalue weighted by molar-refractivity contribution is 0.181. The van der Waals surface area contributed by atoms with Crippen LogP contribution in [0.25, 0.3) is 0 Å². The molecule has 154 valence electrons. The number of hydrogen-bond acceptors (Lipinski definition) is 4. The second kappa shape index (κ2) is 11.8. The van der Waals surface area contributed by atoms with E-state index in [4.69, 9.17) is 0 Å². The summed E-state index contributed by atoms with van der Waals surface area (Å²) in [6.45, 7) is 14.0. The van der Waals surface area contributed by atoms with E-state index >= 15 is 0 Å². The van der Waals surface area contributed by atoms with Crippen molar-refractivity contribution >= 4 is 16.0 Å². The quantitative estimate of drug-likeness (QED) is 0.347. The van der Waals surface area contributed by atoms with E-state index in [0.717, 1.165) is 25.9 Å². The van der Waals surface area contributed by atoms with Gasteiger partial charge in [-0.1, -0.05) is 6.42 Å². The SMILES string of the molecule is CCNC(=NCCN(C(C)C)C(C)C)NCCS(=O)(=O)NCC1CCC1. The average molecular weight is 390 g/mol. The first kappa shape index (κ1) is 23.2. The van der Waals surface area contributed by atoms with Crippen molar-refractivity contribution in [1.29, 1.82) is 0 Å². The number of hydrogen-bond donors (Lipinski definition) is 3. The van der Waals surface area contributed by atoms with Gasteiger partial charge >= 0.3 is 0 Å². The van der Waals surface area contributed by atoms with Crippen LogP contribution in [0.2, 0.25) is 0 Å². The molecule has 0 spiro atoms. The van der Waals surface area contributed by atoms with E-state index in [1.807, 2.05) is 6.92 Å². The van der Waals surface area contributed by atoms with Crippen LogP contribution in [0.15, 0.2) is 4.99 Å². The summed E-state index contributed by atoms with van der Waals surface area (Å²) in [5.74, 6) is 1.27. The fraction of sp³-hybridized carbons (Fsp3) is 0.944. The smallest absolute Gasteiger partial charge is 0.213 e. The van der Waals surface area contributed by atoms with Crippen molar-refractivity contribution in [2.24, 2.45) is 10.9 Å². The highest BCUT2D eigenvalue weighted by Crippen LogP contribution is 2.25. The van der Waals surface area contributed by atoms with Gasteiger partial charge in [0.25, 0.3) is 0 Å². The number of nitrogens with zero attached hydrogens (tertiary/aromatic N) is 2. The van der Waals surface area contributed by atoms with Crippen LogP contribution in [0.5, 0.6) is 0 Å². The number of guanidine groups is 1. The number of nitrogens with one attached hydrogen (secondary N) is 3. The summed E-state index contributed by atoms with van der Waals surface area (Å²) in [6.07, 6.45) is 3.51. The molecule has 3 N–H and O–H groups in total. The Balaban J connectivity index is 2.38. The minimum Gasteiger partial charge on any atom is -0.357 e. The highest BCUT2D eigenvalue weighted by molar-refractivity contribution is 7.89. The molecule has 26 heavy (non-hydrogen) atoms. The molecule has 1 rings (SSSR count). The van der Waals surface area contributed by atoms with E-state index < -0.39 is 10.0 Å². The minimum atomic E-state index is -3.22. The topological polar surface area (TPSA) is 85.8 Å². The monoisotopic (exact) mass is 389 g/mol. The second-order valence-corrected chi connectivity index (χ2v) is 9.50. The van der Waals surface area contributed by atoms with Crippen molar-refractivity contribution in [2.75, 3.05) is 38.5 Å². The van der Waals surface area contributed by atoms with E-state index in [2.05, 4.69) is 52.9 Å². The van der Waals surface area contributed by atoms with Gasteiger partial charge in [-0.05, 0) is 53.4 Å². The predicted octanol–water partition coefficient (Wildman–Crippen LogP) is 1.38. The van der Waals surface area contributed by atoms with E-state index in [1.54, 1.807) is 0 Å². The molecule has 1 saturated carbocycles. The lowest BCUT2D eigenvalue weighted by Gasteiger charge is -2.29. The maximum atomic E-state index is 12.0. The van der Waals surface area contributed by atoms with E-state index in [0.29, 0.717) is 43.6 Å². The van der Waals surface area contributed by atoms with Crippen molar-refractivity contribution in [2.45, 2.75) is 66.0 Å². The van der Waals surface area contributed by atoms with Crippen LogP contribution in [0, 0.1) is 5.92 Å². The second-order valence-electron chi connectivity index (χ2n) is 7.58. The highest BCUT2D eigenvalue weighted by atomic mass is 32.2. The molecule has 0 radical (unpaired) electrons. The van der Waals surface area contributed by atoms with Crippen LogP contribution in [-0.2, 0) is 10.0 Å². The molecule has 0 saturated heterocycles. The molecule has 1 aliphatic rings. The van der Waals surface area contributed by atoms with Gasteiger partial charge in [0.1, 0.15) is 0 Å². The maximum absolute atomic E-state index is 12.0. The molecule has 1 fully saturated rings. The summed E-state index contributed by atoms with van der Waals surface area (Å²) in [5.41, 5.74) is 0. The Labute approximate surface area is 160 Å². The molecule has 0 unspecified atom stereocenters. The first-order valence-electron chi connectivity index (χ1n) is 10.0. The van der Waals surface area contributed by atoms with Gasteiger partial charge in [-0.3, -0.25) is 9.89 Å². The third-order valence-corrected chi connectivity index (χ3v) is 6.13. The van der Waals surface area contributed by atoms with Crippen LogP contribution < -0.4 is 15.4 Å². The number of sulfonamides is 1. The lowest BCUT2D eigenvalue weighted by atomic mass is 9.86. The molecule has 0 heterocycles. The zero-order valence-electron chi connectivity index (χ0n) is 17.2. The van der Waals surface area contributed by atoms with Gasteiger partial charge < -0.3 is 10.6 Å². The molecule has 7 nitrogen and oxygen atoms in total. The van der Waals surface area contributed by atoms with Gasteiger partial charge in [0.05, 0.1) is 12.3 Å². The lowest BCUT2D eigenvalue weighted by Crippen LogP contribution is -2.43. The van der Waals surface area contributed by atoms with E-state index in [9.17, 15) is 8.42 Å². The van der Waals surface area contributed by atoms with Gasteiger partial charge in [-0.2, -0.15) is 0 Å². The Morgan fingerprint density at radius 1 is 1.15 bits per heavy atom. The van der Waals surface area contributed by atoms with Crippen LogP contribution in [0.4, 0.5) is 0 Å². The van der Waals surface area contributed by atoms with Gasteiger partial charge in [0.15, 0.2) is 5.96 Å². The Morgan fingerprint density at radius 2 is 1.81 bits per heavy atom. The zero-order chi connectivity index (χ0) is 19.6. The molecular formula is C18H39N5O2S. The first-order valence-corrected chi connectivity index (χ1v) is 11.7. The largest absolute Gasteiger partial charge is 0.357 e. The normalized spacial score (nSPS) is 16.4. The van der Waals surface area contributed by atoms with Crippen molar-refractivity contribution in [3.63, 3.8) is 0 Å². The molecule has 0 aromatic rings. The van der Waals surface area contributed by atoms with Crippen molar-refractivity contribution < 1.29 is 8.42 Å². The average Bonchev–Trinajstić information content (AvgIpc) is 2.48. The fourth-order valence-corrected chi connectivity index (χ4v) is 4.05. The molecule has 0 amide bonds. The summed E-state index contributed by atoms with van der Waals surface area (Å²) in [7, 11) is -3.22. The Kier molecular flexibility index (Phi) is 10.5. The standard InChI is InChI=1S/C18H39N5O2S/c1-6-19-18(20-10-12-23(15(2)3)16(4)5)21-11-13-26(24,25)22-14-17-8-7-9-17/h15-17,22H,6-14H2,1-5H3,(H2,19,20,21). The molecular weight excluding hydrogens is 350 g/mol. The van der Waals surface area contributed by atoms with Crippen molar-refractivity contribution in [1.82, 2.24) is 20.3 Å². The third-order valence-electron chi connectivity index (χ3n) is 4.78. The molecule has 1 aliphatic carbocycles. The molecule has 0 bridgehead atoms. The summed E-state index contributed by atoms with van der Waals surface area (Å²) in [5, 5.41) is 6.30. The van der Waals surface area contributed by atoms with Crippen LogP contribution in [0.1, 0.15) is 53.9 Å². The molecule has 0 atom stereocenters. The van der Waals surface area contributed by atoms with Gasteiger partial charge in [-0.25, -0.2) is 13.1 Å². The van der Waals surface area contributed by atoms with Gasteiger partial charge in [-0.15, -0.1) is 0 Å². The van der Waals surface area contributed by atoms with Crippen LogP contribution >= 0.6 is 0 Å². The Morgan fingerprint density at radius 3 is 2.31 bits per heavy atom. The van der Waals surface area contributed by atoms with Gasteiger partial charge in [0.2, 0.25) is 10.0 Å². The summed E-state index contributed by atoms with van der Waals surface area (Å²) >= 11 is 0. The van der Waals surface area contributed by atoms with Crippen molar-refractivity contribution in [3.8, 4) is 0 Å². The zero-order valence-corrected chi connectivity index (χ0v) is 18.0. The van der Waals surface area contributed by atoms with E-state index in [-0.39, 0.29) is 5.75 Å². The number of aliphatic imine (C=N–C) groups is 1. The summed E-state index contributed by atoms with van der Waals surface area (Å²) < 4.78 is 26.8. The number of rotatable bonds is 12. The fourth-order valence-electron chi connectivity index (χ4n) is 3.05. The van der Waals surface area contributed by atoms with E-state index in [1.165, 1.54) is 6.42 Å². The molecule has 0 aliphatic heterocycles. The maximum Gasteiger partial charge on any atom is 0.213 e. The highest BCUT2D eigenvalue weighted by Gasteiger charge is 2.20. The Bertz CT molecular complexity index is 508. The third kappa shape index (κ3) is 9.19. The molecule has 0 aromatic carbocycles. The summed E-state index contributed by atoms with van der Waals surface area (Å²) in [6, 6.07) is 0.959. The van der Waals surface area contributed by atoms with Crippen LogP contribution in [0.3, 0.4) is 0 Å². The molecule has 0 aromatic heterocycles. The molecule has 8 heteroatoms. The van der Waals surface area contributed by atoms with Crippen LogP contribution in [-0.4, -0.2) is 69.8 Å². The summed E-state index contributed by atoms with van der Waals surface area (Å²) in [4.78, 5) is 6.96. The van der Waals surface area contributed by atoms with Gasteiger partial charge in [0, 0.05) is 38.3 Å². The minimum absolute atomic E-state index is 0.0637. The Hall–Kier alpha value is -0.860. The first-order chi connectivity index (χ1) is 12.2. The van der Waals surface area contributed by atoms with Crippen molar-refractivity contribution in [3.05, 3.63) is 0 Å². The predicted molar refractivity (Wildman–Crippen MR) is 110 cm³/mol.